The van der Waals surface area contributed by atoms with Gasteiger partial charge in [0.25, 0.3) is 11.6 Å². The average Bonchev–Trinajstić information content (AvgIpc) is 2.79. The van der Waals surface area contributed by atoms with Gasteiger partial charge in [0, 0.05) is 37.3 Å². The van der Waals surface area contributed by atoms with Crippen LogP contribution in [0.3, 0.4) is 0 Å². The molecule has 31 heavy (non-hydrogen) atoms. The van der Waals surface area contributed by atoms with Crippen LogP contribution in [-0.2, 0) is 6.54 Å². The first kappa shape index (κ1) is 20.9. The van der Waals surface area contributed by atoms with E-state index in [1.807, 2.05) is 24.3 Å². The summed E-state index contributed by atoms with van der Waals surface area (Å²) in [5, 5.41) is 14.4. The smallest absolute Gasteiger partial charge is 0.286 e. The molecular weight excluding hydrogens is 402 g/mol. The number of piperidine rings is 1. The number of nitrogens with zero attached hydrogens (tertiary/aromatic N) is 2. The summed E-state index contributed by atoms with van der Waals surface area (Å²) in [7, 11) is 1.66. The number of methoxy groups -OCH3 is 1. The van der Waals surface area contributed by atoms with E-state index in [4.69, 9.17) is 14.2 Å². The van der Waals surface area contributed by atoms with Gasteiger partial charge in [-0.1, -0.05) is 18.2 Å². The number of amides is 1. The Bertz CT molecular complexity index is 972. The van der Waals surface area contributed by atoms with E-state index in [1.54, 1.807) is 7.11 Å². The van der Waals surface area contributed by atoms with Crippen LogP contribution in [0.15, 0.2) is 36.4 Å². The van der Waals surface area contributed by atoms with Gasteiger partial charge in [-0.2, -0.15) is 0 Å². The van der Waals surface area contributed by atoms with Crippen LogP contribution in [-0.4, -0.2) is 55.2 Å². The third-order valence-corrected chi connectivity index (χ3v) is 5.61. The Morgan fingerprint density at radius 2 is 1.87 bits per heavy atom. The summed E-state index contributed by atoms with van der Waals surface area (Å²) in [6.07, 6.45) is 1.53. The number of likely N-dealkylation sites (tertiary alicyclic amines) is 1. The summed E-state index contributed by atoms with van der Waals surface area (Å²) in [5.74, 6) is 1.04. The number of nitro groups is 1. The number of ether oxygens (including phenoxy) is 3. The molecule has 0 unspecified atom stereocenters. The first-order valence-corrected chi connectivity index (χ1v) is 10.3. The van der Waals surface area contributed by atoms with E-state index < -0.39 is 10.8 Å². The predicted molar refractivity (Wildman–Crippen MR) is 113 cm³/mol. The molecule has 9 nitrogen and oxygen atoms in total. The van der Waals surface area contributed by atoms with Crippen molar-refractivity contribution in [1.82, 2.24) is 10.2 Å². The molecule has 2 aliphatic heterocycles. The zero-order chi connectivity index (χ0) is 21.8. The molecule has 164 valence electrons. The fourth-order valence-corrected chi connectivity index (χ4v) is 3.98. The van der Waals surface area contributed by atoms with E-state index in [0.29, 0.717) is 24.7 Å². The summed E-state index contributed by atoms with van der Waals surface area (Å²) in [5.41, 5.74) is 0.834. The third kappa shape index (κ3) is 4.72. The third-order valence-electron chi connectivity index (χ3n) is 5.61. The van der Waals surface area contributed by atoms with Gasteiger partial charge in [-0.25, -0.2) is 0 Å². The molecule has 0 aromatic heterocycles. The van der Waals surface area contributed by atoms with Crippen molar-refractivity contribution in [3.63, 3.8) is 0 Å². The Balaban J connectivity index is 1.39. The lowest BCUT2D eigenvalue weighted by Crippen LogP contribution is -2.44. The molecule has 0 bridgehead atoms. The van der Waals surface area contributed by atoms with Gasteiger partial charge in [-0.15, -0.1) is 0 Å². The highest BCUT2D eigenvalue weighted by Crippen LogP contribution is 2.36. The number of hydrogen-bond acceptors (Lipinski definition) is 7. The van der Waals surface area contributed by atoms with Crippen LogP contribution in [0.5, 0.6) is 17.2 Å². The standard InChI is InChI=1S/C22H25N3O6/c1-29-19-5-3-2-4-15(19)14-24-8-6-16(7-9-24)23-22(26)17-12-20-21(31-11-10-30-20)13-18(17)25(27)28/h2-5,12-13,16H,6-11,14H2,1H3,(H,23,26). The van der Waals surface area contributed by atoms with Gasteiger partial charge in [0.1, 0.15) is 24.5 Å². The Kier molecular flexibility index (Phi) is 6.22. The molecule has 0 saturated carbocycles. The molecule has 2 aliphatic rings. The highest BCUT2D eigenvalue weighted by atomic mass is 16.6. The highest BCUT2D eigenvalue weighted by Gasteiger charge is 2.29. The molecule has 0 aliphatic carbocycles. The molecule has 2 aromatic rings. The van der Waals surface area contributed by atoms with Crippen molar-refractivity contribution < 1.29 is 23.9 Å². The van der Waals surface area contributed by atoms with E-state index in [1.165, 1.54) is 12.1 Å². The zero-order valence-corrected chi connectivity index (χ0v) is 17.3. The largest absolute Gasteiger partial charge is 0.496 e. The molecule has 4 rings (SSSR count). The highest BCUT2D eigenvalue weighted by molar-refractivity contribution is 5.99. The van der Waals surface area contributed by atoms with Crippen molar-refractivity contribution in [2.75, 3.05) is 33.4 Å². The molecule has 0 radical (unpaired) electrons. The van der Waals surface area contributed by atoms with Gasteiger partial charge >= 0.3 is 0 Å². The first-order chi connectivity index (χ1) is 15.0. The van der Waals surface area contributed by atoms with Gasteiger partial charge in [0.05, 0.1) is 18.1 Å². The lowest BCUT2D eigenvalue weighted by atomic mass is 10.0. The van der Waals surface area contributed by atoms with E-state index in [9.17, 15) is 14.9 Å². The zero-order valence-electron chi connectivity index (χ0n) is 17.3. The van der Waals surface area contributed by atoms with Crippen LogP contribution in [0, 0.1) is 10.1 Å². The molecule has 1 amide bonds. The molecule has 1 saturated heterocycles. The summed E-state index contributed by atoms with van der Waals surface area (Å²) in [4.78, 5) is 26.1. The Morgan fingerprint density at radius 3 is 2.55 bits per heavy atom. The number of rotatable bonds is 6. The molecule has 1 N–H and O–H groups in total. The molecule has 2 heterocycles. The fourth-order valence-electron chi connectivity index (χ4n) is 3.98. The second kappa shape index (κ2) is 9.22. The van der Waals surface area contributed by atoms with E-state index in [0.717, 1.165) is 43.8 Å². The van der Waals surface area contributed by atoms with Crippen LogP contribution in [0.1, 0.15) is 28.8 Å². The summed E-state index contributed by atoms with van der Waals surface area (Å²) in [6, 6.07) is 10.6. The number of hydrogen-bond donors (Lipinski definition) is 1. The molecule has 0 spiro atoms. The van der Waals surface area contributed by atoms with Crippen molar-refractivity contribution in [3.8, 4) is 17.2 Å². The topological polar surface area (TPSA) is 103 Å². The van der Waals surface area contributed by atoms with Crippen LogP contribution in [0.25, 0.3) is 0 Å². The normalized spacial score (nSPS) is 16.5. The lowest BCUT2D eigenvalue weighted by molar-refractivity contribution is -0.385. The SMILES string of the molecule is COc1ccccc1CN1CCC(NC(=O)c2cc3c(cc2[N+](=O)[O-])OCCO3)CC1. The van der Waals surface area contributed by atoms with Gasteiger partial charge in [-0.3, -0.25) is 19.8 Å². The van der Waals surface area contributed by atoms with Gasteiger partial charge in [0.15, 0.2) is 11.5 Å². The number of carbonyl (C=O) groups is 1. The minimum absolute atomic E-state index is 0.00861. The quantitative estimate of drug-likeness (QED) is 0.558. The van der Waals surface area contributed by atoms with Crippen molar-refractivity contribution in [3.05, 3.63) is 57.6 Å². The second-order valence-corrected chi connectivity index (χ2v) is 7.61. The van der Waals surface area contributed by atoms with Gasteiger partial charge in [-0.05, 0) is 18.9 Å². The number of nitro benzene ring substituents is 1. The Morgan fingerprint density at radius 1 is 1.19 bits per heavy atom. The van der Waals surface area contributed by atoms with Crippen molar-refractivity contribution in [1.29, 1.82) is 0 Å². The van der Waals surface area contributed by atoms with Gasteiger partial charge in [0.2, 0.25) is 0 Å². The number of para-hydroxylation sites is 1. The summed E-state index contributed by atoms with van der Waals surface area (Å²) >= 11 is 0. The molecule has 1 fully saturated rings. The predicted octanol–water partition coefficient (Wildman–Crippen LogP) is 2.77. The maximum Gasteiger partial charge on any atom is 0.286 e. The van der Waals surface area contributed by atoms with Gasteiger partial charge < -0.3 is 19.5 Å². The van der Waals surface area contributed by atoms with E-state index in [-0.39, 0.29) is 17.3 Å². The van der Waals surface area contributed by atoms with Crippen LogP contribution in [0.4, 0.5) is 5.69 Å². The lowest BCUT2D eigenvalue weighted by Gasteiger charge is -2.32. The minimum atomic E-state index is -0.566. The van der Waals surface area contributed by atoms with Crippen molar-refractivity contribution in [2.24, 2.45) is 0 Å². The molecule has 2 aromatic carbocycles. The Hall–Kier alpha value is -3.33. The van der Waals surface area contributed by atoms with Crippen LogP contribution >= 0.6 is 0 Å². The second-order valence-electron chi connectivity index (χ2n) is 7.61. The number of benzene rings is 2. The van der Waals surface area contributed by atoms with Crippen molar-refractivity contribution in [2.45, 2.75) is 25.4 Å². The number of fused-ring (bicyclic) bond motifs is 1. The van der Waals surface area contributed by atoms with E-state index >= 15 is 0 Å². The molecular formula is C22H25N3O6. The maximum absolute atomic E-state index is 12.8. The van der Waals surface area contributed by atoms with E-state index in [2.05, 4.69) is 10.2 Å². The van der Waals surface area contributed by atoms with Crippen LogP contribution < -0.4 is 19.5 Å². The van der Waals surface area contributed by atoms with Crippen LogP contribution in [0.2, 0.25) is 0 Å². The Labute approximate surface area is 180 Å². The first-order valence-electron chi connectivity index (χ1n) is 10.3. The summed E-state index contributed by atoms with van der Waals surface area (Å²) in [6.45, 7) is 3.07. The maximum atomic E-state index is 12.8. The fraction of sp³-hybridized carbons (Fsp3) is 0.409. The number of carbonyl (C=O) groups excluding carboxylic acids is 1. The monoisotopic (exact) mass is 427 g/mol. The minimum Gasteiger partial charge on any atom is -0.496 e. The molecule has 0 atom stereocenters. The summed E-state index contributed by atoms with van der Waals surface area (Å²) < 4.78 is 16.3. The number of nitrogens with one attached hydrogen (secondary N) is 1. The van der Waals surface area contributed by atoms with Crippen molar-refractivity contribution >= 4 is 11.6 Å². The molecule has 9 heteroatoms. The average molecular weight is 427 g/mol.